The van der Waals surface area contributed by atoms with Crippen molar-refractivity contribution in [3.05, 3.63) is 35.6 Å². The number of ether oxygens (including phenoxy) is 1. The van der Waals surface area contributed by atoms with Gasteiger partial charge in [0, 0.05) is 30.9 Å². The Labute approximate surface area is 141 Å². The van der Waals surface area contributed by atoms with Crippen LogP contribution in [-0.2, 0) is 4.79 Å². The van der Waals surface area contributed by atoms with Crippen molar-refractivity contribution in [2.45, 2.75) is 31.8 Å². The number of halogens is 1. The van der Waals surface area contributed by atoms with Crippen LogP contribution in [-0.4, -0.2) is 35.0 Å². The molecule has 2 heterocycles. The fourth-order valence-electron chi connectivity index (χ4n) is 4.17. The molecule has 4 unspecified atom stereocenters. The van der Waals surface area contributed by atoms with Crippen LogP contribution in [0.4, 0.5) is 0 Å². The number of allylic oxidation sites excluding steroid dienone is 2. The molecule has 122 valence electrons. The van der Waals surface area contributed by atoms with Gasteiger partial charge in [0.2, 0.25) is 5.91 Å². The Morgan fingerprint density at radius 2 is 2.26 bits per heavy atom. The molecule has 2 fully saturated rings. The van der Waals surface area contributed by atoms with E-state index in [9.17, 15) is 4.79 Å². The average molecular weight is 333 g/mol. The third-order valence-electron chi connectivity index (χ3n) is 5.31. The van der Waals surface area contributed by atoms with Crippen LogP contribution in [0, 0.1) is 17.8 Å². The number of carbonyl (C=O) groups is 1. The van der Waals surface area contributed by atoms with Crippen LogP contribution in [0.5, 0.6) is 5.75 Å². The Bertz CT molecular complexity index is 633. The molecule has 0 aromatic carbocycles. The summed E-state index contributed by atoms with van der Waals surface area (Å²) in [4.78, 5) is 18.8. The predicted molar refractivity (Wildman–Crippen MR) is 88.3 cm³/mol. The smallest absolute Gasteiger partial charge is 0.226 e. The number of amides is 1. The van der Waals surface area contributed by atoms with Gasteiger partial charge in [-0.2, -0.15) is 0 Å². The highest BCUT2D eigenvalue weighted by atomic mass is 35.5. The van der Waals surface area contributed by atoms with E-state index in [-0.39, 0.29) is 12.0 Å². The van der Waals surface area contributed by atoms with E-state index in [4.69, 9.17) is 16.3 Å². The summed E-state index contributed by atoms with van der Waals surface area (Å²) >= 11 is 6.11. The minimum absolute atomic E-state index is 0.0155. The van der Waals surface area contributed by atoms with Crippen molar-refractivity contribution >= 4 is 17.5 Å². The number of likely N-dealkylation sites (tertiary alicyclic amines) is 1. The molecule has 3 aliphatic rings. The summed E-state index contributed by atoms with van der Waals surface area (Å²) < 4.78 is 6.01. The standard InChI is InChI=1S/C18H21ClN2O2/c19-16-10-20-6-5-17(16)23-14-2-1-7-21(11-14)18(22)15-9-12-3-4-13(15)8-12/h3-6,10,12-15H,1-2,7-9,11H2. The Morgan fingerprint density at radius 3 is 3.00 bits per heavy atom. The van der Waals surface area contributed by atoms with Gasteiger partial charge in [-0.3, -0.25) is 9.78 Å². The van der Waals surface area contributed by atoms with Gasteiger partial charge in [-0.1, -0.05) is 23.8 Å². The second-order valence-corrected chi connectivity index (χ2v) is 7.27. The fourth-order valence-corrected chi connectivity index (χ4v) is 4.34. The van der Waals surface area contributed by atoms with E-state index in [2.05, 4.69) is 17.1 Å². The number of rotatable bonds is 3. The van der Waals surface area contributed by atoms with Crippen molar-refractivity contribution < 1.29 is 9.53 Å². The lowest BCUT2D eigenvalue weighted by molar-refractivity contribution is -0.139. The second-order valence-electron chi connectivity index (χ2n) is 6.86. The van der Waals surface area contributed by atoms with Crippen molar-refractivity contribution in [2.24, 2.45) is 17.8 Å². The lowest BCUT2D eigenvalue weighted by Crippen LogP contribution is -2.47. The van der Waals surface area contributed by atoms with Crippen LogP contribution in [0.15, 0.2) is 30.6 Å². The summed E-state index contributed by atoms with van der Waals surface area (Å²) in [5.41, 5.74) is 0. The zero-order valence-corrected chi connectivity index (χ0v) is 13.8. The number of nitrogens with zero attached hydrogens (tertiary/aromatic N) is 2. The Kier molecular flexibility index (Phi) is 4.02. The first-order valence-corrected chi connectivity index (χ1v) is 8.82. The number of hydrogen-bond acceptors (Lipinski definition) is 3. The third kappa shape index (κ3) is 2.97. The van der Waals surface area contributed by atoms with Gasteiger partial charge in [0.05, 0.1) is 6.54 Å². The number of aromatic nitrogens is 1. The second kappa shape index (κ2) is 6.16. The van der Waals surface area contributed by atoms with Crippen molar-refractivity contribution in [3.63, 3.8) is 0 Å². The molecule has 4 rings (SSSR count). The number of fused-ring (bicyclic) bond motifs is 2. The number of hydrogen-bond donors (Lipinski definition) is 0. The molecule has 2 aliphatic carbocycles. The van der Waals surface area contributed by atoms with E-state index < -0.39 is 0 Å². The predicted octanol–water partition coefficient (Wildman–Crippen LogP) is 3.32. The molecule has 2 bridgehead atoms. The molecular formula is C18H21ClN2O2. The quantitative estimate of drug-likeness (QED) is 0.797. The monoisotopic (exact) mass is 332 g/mol. The van der Waals surface area contributed by atoms with Gasteiger partial charge >= 0.3 is 0 Å². The summed E-state index contributed by atoms with van der Waals surface area (Å²) in [6.07, 6.45) is 11.9. The number of carbonyl (C=O) groups excluding carboxylic acids is 1. The maximum atomic E-state index is 12.9. The molecule has 1 amide bonds. The largest absolute Gasteiger partial charge is 0.487 e. The minimum atomic E-state index is 0.0155. The molecule has 4 atom stereocenters. The van der Waals surface area contributed by atoms with E-state index >= 15 is 0 Å². The minimum Gasteiger partial charge on any atom is -0.487 e. The fraction of sp³-hybridized carbons (Fsp3) is 0.556. The number of pyridine rings is 1. The van der Waals surface area contributed by atoms with E-state index in [1.165, 1.54) is 0 Å². The van der Waals surface area contributed by atoms with E-state index in [1.807, 2.05) is 4.90 Å². The highest BCUT2D eigenvalue weighted by molar-refractivity contribution is 6.31. The lowest BCUT2D eigenvalue weighted by Gasteiger charge is -2.35. The van der Waals surface area contributed by atoms with Gasteiger partial charge in [-0.05, 0) is 37.5 Å². The van der Waals surface area contributed by atoms with Gasteiger partial charge < -0.3 is 9.64 Å². The molecule has 0 spiro atoms. The van der Waals surface area contributed by atoms with E-state index in [0.29, 0.717) is 35.1 Å². The van der Waals surface area contributed by atoms with Crippen molar-refractivity contribution in [3.8, 4) is 5.75 Å². The maximum absolute atomic E-state index is 12.9. The van der Waals surface area contributed by atoms with Gasteiger partial charge in [0.25, 0.3) is 0 Å². The van der Waals surface area contributed by atoms with Crippen molar-refractivity contribution in [1.82, 2.24) is 9.88 Å². The molecule has 5 heteroatoms. The highest BCUT2D eigenvalue weighted by Crippen LogP contribution is 2.44. The van der Waals surface area contributed by atoms with Crippen molar-refractivity contribution in [2.75, 3.05) is 13.1 Å². The molecular weight excluding hydrogens is 312 g/mol. The van der Waals surface area contributed by atoms with Crippen LogP contribution in [0.1, 0.15) is 25.7 Å². The summed E-state index contributed by atoms with van der Waals surface area (Å²) in [6, 6.07) is 1.78. The van der Waals surface area contributed by atoms with Gasteiger partial charge in [-0.25, -0.2) is 0 Å². The normalized spacial score (nSPS) is 32.3. The maximum Gasteiger partial charge on any atom is 0.226 e. The van der Waals surface area contributed by atoms with Crippen LogP contribution < -0.4 is 4.74 Å². The summed E-state index contributed by atoms with van der Waals surface area (Å²) in [5.74, 6) is 2.25. The first-order chi connectivity index (χ1) is 11.2. The molecule has 1 saturated carbocycles. The van der Waals surface area contributed by atoms with Crippen LogP contribution in [0.2, 0.25) is 5.02 Å². The first kappa shape index (κ1) is 15.0. The van der Waals surface area contributed by atoms with Crippen LogP contribution in [0.3, 0.4) is 0 Å². The molecule has 1 aromatic heterocycles. The molecule has 1 saturated heterocycles. The van der Waals surface area contributed by atoms with E-state index in [0.717, 1.165) is 32.2 Å². The topological polar surface area (TPSA) is 42.4 Å². The Hall–Kier alpha value is -1.55. The molecule has 23 heavy (non-hydrogen) atoms. The Balaban J connectivity index is 1.40. The SMILES string of the molecule is O=C(C1CC2C=CC1C2)N1CCCC(Oc2ccncc2Cl)C1. The zero-order valence-electron chi connectivity index (χ0n) is 13.0. The van der Waals surface area contributed by atoms with Crippen LogP contribution >= 0.6 is 11.6 Å². The molecule has 1 aliphatic heterocycles. The molecule has 0 N–H and O–H groups in total. The summed E-state index contributed by atoms with van der Waals surface area (Å²) in [5, 5.41) is 0.522. The van der Waals surface area contributed by atoms with Crippen LogP contribution in [0.25, 0.3) is 0 Å². The first-order valence-electron chi connectivity index (χ1n) is 8.44. The average Bonchev–Trinajstić information content (AvgIpc) is 3.20. The Morgan fingerprint density at radius 1 is 1.35 bits per heavy atom. The number of piperidine rings is 1. The summed E-state index contributed by atoms with van der Waals surface area (Å²) in [7, 11) is 0. The molecule has 0 radical (unpaired) electrons. The van der Waals surface area contributed by atoms with Gasteiger partial charge in [0.15, 0.2) is 0 Å². The van der Waals surface area contributed by atoms with E-state index in [1.54, 1.807) is 18.5 Å². The molecule has 4 nitrogen and oxygen atoms in total. The van der Waals surface area contributed by atoms with Gasteiger partial charge in [-0.15, -0.1) is 0 Å². The molecule has 1 aromatic rings. The lowest BCUT2D eigenvalue weighted by atomic mass is 9.91. The highest BCUT2D eigenvalue weighted by Gasteiger charge is 2.42. The summed E-state index contributed by atoms with van der Waals surface area (Å²) in [6.45, 7) is 1.51. The zero-order chi connectivity index (χ0) is 15.8. The van der Waals surface area contributed by atoms with Gasteiger partial charge in [0.1, 0.15) is 16.9 Å². The third-order valence-corrected chi connectivity index (χ3v) is 5.60. The van der Waals surface area contributed by atoms with Crippen molar-refractivity contribution in [1.29, 1.82) is 0 Å².